The van der Waals surface area contributed by atoms with E-state index in [1.807, 2.05) is 0 Å². The second-order valence-corrected chi connectivity index (χ2v) is 7.60. The molecule has 0 bridgehead atoms. The van der Waals surface area contributed by atoms with E-state index < -0.39 is 12.0 Å². The van der Waals surface area contributed by atoms with Crippen molar-refractivity contribution >= 4 is 5.91 Å². The van der Waals surface area contributed by atoms with Crippen LogP contribution in [-0.2, 0) is 17.1 Å². The van der Waals surface area contributed by atoms with Crippen molar-refractivity contribution in [1.82, 2.24) is 30.8 Å². The van der Waals surface area contributed by atoms with E-state index in [4.69, 9.17) is 0 Å². The third kappa shape index (κ3) is 6.38. The van der Waals surface area contributed by atoms with E-state index in [0.29, 0.717) is 18.9 Å². The number of nitrogens with one attached hydrogen (secondary N) is 2. The number of aryl methyl sites for hydroxylation is 1. The van der Waals surface area contributed by atoms with E-state index in [-0.39, 0.29) is 24.1 Å². The van der Waals surface area contributed by atoms with Crippen molar-refractivity contribution in [1.29, 1.82) is 0 Å². The number of piperazine rings is 1. The first kappa shape index (κ1) is 23.0. The van der Waals surface area contributed by atoms with Gasteiger partial charge in [0, 0.05) is 25.1 Å². The number of aliphatic hydroxyl groups is 1. The molecular weight excluding hydrogens is 406 g/mol. The number of carbonyl (C=O) groups excluding carboxylic acids is 1. The highest BCUT2D eigenvalue weighted by molar-refractivity contribution is 5.79. The fraction of sp³-hybridized carbons (Fsp3) is 0.524. The topological polar surface area (TPSA) is 107 Å². The number of alkyl halides is 2. The Bertz CT molecular complexity index is 832. The maximum Gasteiger partial charge on any atom is 0.302 e. The fourth-order valence-corrected chi connectivity index (χ4v) is 3.58. The molecular formula is C21H28F2N6O2. The molecule has 2 aromatic rings. The van der Waals surface area contributed by atoms with Gasteiger partial charge in [-0.1, -0.05) is 60.5 Å². The minimum absolute atomic E-state index is 0.0722. The maximum atomic E-state index is 14.5. The van der Waals surface area contributed by atoms with Crippen molar-refractivity contribution in [2.75, 3.05) is 19.6 Å². The standard InChI is InChI=1S/C21H28F2N6O2/c22-21(23,16-8-4-3-5-9-16)18(30)12-11-17-14-24-15-20(31)29(17)13-7-2-1-6-10-19-25-27-28-26-19/h3-5,8-9,11-12,17-18,24,30H,1-2,6-7,10,13-15H2,(H,25,26,27,28)/b12-11+/t17-,18-/m0/s1. The van der Waals surface area contributed by atoms with Gasteiger partial charge in [-0.2, -0.15) is 14.0 Å². The summed E-state index contributed by atoms with van der Waals surface area (Å²) in [6.45, 7) is 1.23. The first-order chi connectivity index (χ1) is 15.0. The van der Waals surface area contributed by atoms with Crippen molar-refractivity contribution in [3.8, 4) is 0 Å². The van der Waals surface area contributed by atoms with Gasteiger partial charge in [0.15, 0.2) is 5.82 Å². The molecule has 8 nitrogen and oxygen atoms in total. The van der Waals surface area contributed by atoms with E-state index in [2.05, 4.69) is 25.9 Å². The minimum atomic E-state index is -3.41. The number of hydrogen-bond donors (Lipinski definition) is 3. The van der Waals surface area contributed by atoms with Gasteiger partial charge in [0.1, 0.15) is 6.10 Å². The molecule has 1 aliphatic rings. The third-order valence-electron chi connectivity index (χ3n) is 5.33. The molecule has 0 spiro atoms. The molecule has 31 heavy (non-hydrogen) atoms. The number of halogens is 2. The Hall–Kier alpha value is -2.72. The van der Waals surface area contributed by atoms with Crippen LogP contribution in [0.5, 0.6) is 0 Å². The Morgan fingerprint density at radius 3 is 2.74 bits per heavy atom. The van der Waals surface area contributed by atoms with Crippen molar-refractivity contribution in [3.63, 3.8) is 0 Å². The molecule has 0 aliphatic carbocycles. The zero-order chi connectivity index (χ0) is 22.1. The van der Waals surface area contributed by atoms with Crippen molar-refractivity contribution < 1.29 is 18.7 Å². The lowest BCUT2D eigenvalue weighted by molar-refractivity contribution is -0.133. The summed E-state index contributed by atoms with van der Waals surface area (Å²) in [5.74, 6) is -2.79. The number of aromatic nitrogens is 4. The first-order valence-corrected chi connectivity index (χ1v) is 10.5. The number of aliphatic hydroxyl groups excluding tert-OH is 1. The van der Waals surface area contributed by atoms with Crippen LogP contribution in [0.2, 0.25) is 0 Å². The van der Waals surface area contributed by atoms with Crippen LogP contribution in [0.4, 0.5) is 8.78 Å². The van der Waals surface area contributed by atoms with Gasteiger partial charge >= 0.3 is 5.92 Å². The molecule has 2 heterocycles. The number of H-pyrrole nitrogens is 1. The average molecular weight is 434 g/mol. The summed E-state index contributed by atoms with van der Waals surface area (Å²) in [5, 5.41) is 26.8. The summed E-state index contributed by atoms with van der Waals surface area (Å²) in [6.07, 6.45) is 5.01. The summed E-state index contributed by atoms with van der Waals surface area (Å²) < 4.78 is 29.0. The number of amides is 1. The molecule has 10 heteroatoms. The number of carbonyl (C=O) groups is 1. The van der Waals surface area contributed by atoms with Gasteiger partial charge in [-0.05, 0) is 12.8 Å². The maximum absolute atomic E-state index is 14.5. The molecule has 1 aromatic carbocycles. The van der Waals surface area contributed by atoms with Crippen LogP contribution < -0.4 is 5.32 Å². The SMILES string of the molecule is O=C1CNC[C@H](/C=C/[C@H](O)C(F)(F)c2ccccc2)N1CCCCCCc1nn[nH]n1. The van der Waals surface area contributed by atoms with Crippen molar-refractivity contribution in [2.24, 2.45) is 0 Å². The highest BCUT2D eigenvalue weighted by Gasteiger charge is 2.39. The number of tetrazole rings is 1. The summed E-state index contributed by atoms with van der Waals surface area (Å²) >= 11 is 0. The lowest BCUT2D eigenvalue weighted by Crippen LogP contribution is -2.54. The van der Waals surface area contributed by atoms with E-state index in [1.165, 1.54) is 30.3 Å². The largest absolute Gasteiger partial charge is 0.382 e. The number of benzene rings is 1. The zero-order valence-electron chi connectivity index (χ0n) is 17.3. The van der Waals surface area contributed by atoms with Gasteiger partial charge in [-0.25, -0.2) is 0 Å². The van der Waals surface area contributed by atoms with Crippen molar-refractivity contribution in [2.45, 2.75) is 50.2 Å². The first-order valence-electron chi connectivity index (χ1n) is 10.5. The van der Waals surface area contributed by atoms with E-state index >= 15 is 0 Å². The molecule has 1 amide bonds. The monoisotopic (exact) mass is 434 g/mol. The van der Waals surface area contributed by atoms with Crippen LogP contribution in [0.1, 0.15) is 37.1 Å². The molecule has 1 saturated heterocycles. The molecule has 0 radical (unpaired) electrons. The second-order valence-electron chi connectivity index (χ2n) is 7.60. The molecule has 3 rings (SSSR count). The number of rotatable bonds is 11. The molecule has 1 aromatic heterocycles. The summed E-state index contributed by atoms with van der Waals surface area (Å²) in [4.78, 5) is 14.0. The van der Waals surface area contributed by atoms with Gasteiger partial charge in [0.25, 0.3) is 0 Å². The molecule has 2 atom stereocenters. The quantitative estimate of drug-likeness (QED) is 0.368. The van der Waals surface area contributed by atoms with Gasteiger partial charge in [-0.15, -0.1) is 10.2 Å². The summed E-state index contributed by atoms with van der Waals surface area (Å²) in [7, 11) is 0. The predicted octanol–water partition coefficient (Wildman–Crippen LogP) is 1.81. The Kier molecular flexibility index (Phi) is 8.19. The highest BCUT2D eigenvalue weighted by Crippen LogP contribution is 2.32. The number of nitrogens with zero attached hydrogens (tertiary/aromatic N) is 4. The second kappa shape index (κ2) is 11.1. The molecule has 0 unspecified atom stereocenters. The Balaban J connectivity index is 1.49. The normalized spacial score (nSPS) is 18.6. The van der Waals surface area contributed by atoms with Crippen LogP contribution in [0.15, 0.2) is 42.5 Å². The molecule has 1 fully saturated rings. The van der Waals surface area contributed by atoms with Crippen LogP contribution >= 0.6 is 0 Å². The average Bonchev–Trinajstić information content (AvgIpc) is 3.29. The number of unbranched alkanes of at least 4 members (excludes halogenated alkanes) is 3. The predicted molar refractivity (Wildman–Crippen MR) is 110 cm³/mol. The summed E-state index contributed by atoms with van der Waals surface area (Å²) in [5.41, 5.74) is -0.248. The molecule has 3 N–H and O–H groups in total. The zero-order valence-corrected chi connectivity index (χ0v) is 17.3. The van der Waals surface area contributed by atoms with Crippen LogP contribution in [0.25, 0.3) is 0 Å². The van der Waals surface area contributed by atoms with E-state index in [9.17, 15) is 18.7 Å². The fourth-order valence-electron chi connectivity index (χ4n) is 3.58. The third-order valence-corrected chi connectivity index (χ3v) is 5.33. The number of hydrogen-bond acceptors (Lipinski definition) is 6. The Morgan fingerprint density at radius 2 is 2.00 bits per heavy atom. The molecule has 0 saturated carbocycles. The lowest BCUT2D eigenvalue weighted by atomic mass is 10.0. The lowest BCUT2D eigenvalue weighted by Gasteiger charge is -2.35. The molecule has 1 aliphatic heterocycles. The van der Waals surface area contributed by atoms with E-state index in [0.717, 1.165) is 38.2 Å². The molecule has 168 valence electrons. The van der Waals surface area contributed by atoms with Crippen LogP contribution in [-0.4, -0.2) is 68.3 Å². The van der Waals surface area contributed by atoms with Crippen molar-refractivity contribution in [3.05, 3.63) is 53.9 Å². The van der Waals surface area contributed by atoms with Crippen LogP contribution in [0, 0.1) is 0 Å². The smallest absolute Gasteiger partial charge is 0.302 e. The van der Waals surface area contributed by atoms with Gasteiger partial charge in [0.2, 0.25) is 5.91 Å². The Labute approximate surface area is 179 Å². The minimum Gasteiger partial charge on any atom is -0.382 e. The van der Waals surface area contributed by atoms with Gasteiger partial charge in [-0.3, -0.25) is 4.79 Å². The highest BCUT2D eigenvalue weighted by atomic mass is 19.3. The van der Waals surface area contributed by atoms with Crippen LogP contribution in [0.3, 0.4) is 0 Å². The Morgan fingerprint density at radius 1 is 1.23 bits per heavy atom. The van der Waals surface area contributed by atoms with Gasteiger partial charge < -0.3 is 15.3 Å². The van der Waals surface area contributed by atoms with Gasteiger partial charge in [0.05, 0.1) is 12.6 Å². The number of aromatic amines is 1. The summed E-state index contributed by atoms with van der Waals surface area (Å²) in [6, 6.07) is 6.86. The van der Waals surface area contributed by atoms with E-state index in [1.54, 1.807) is 11.0 Å².